The fraction of sp³-hybridized carbons (Fsp3) is 0.455. The molecule has 1 heterocycles. The third kappa shape index (κ3) is 0.927. The first-order valence-electron chi connectivity index (χ1n) is 4.42. The lowest BCUT2D eigenvalue weighted by molar-refractivity contribution is 0.354. The zero-order chi connectivity index (χ0) is 8.72. The van der Waals surface area contributed by atoms with Crippen molar-refractivity contribution in [3.05, 3.63) is 28.3 Å². The lowest BCUT2D eigenvalue weighted by Gasteiger charge is -2.09. The summed E-state index contributed by atoms with van der Waals surface area (Å²) in [5.74, 6) is 1.14. The highest BCUT2D eigenvalue weighted by atomic mass is 16.5. The van der Waals surface area contributed by atoms with E-state index >= 15 is 0 Å². The second-order valence-corrected chi connectivity index (χ2v) is 3.53. The van der Waals surface area contributed by atoms with Crippen LogP contribution in [0.5, 0.6) is 5.75 Å². The molecule has 0 spiro atoms. The summed E-state index contributed by atoms with van der Waals surface area (Å²) in [5.41, 5.74) is 5.46. The van der Waals surface area contributed by atoms with Gasteiger partial charge in [-0.2, -0.15) is 0 Å². The third-order valence-corrected chi connectivity index (χ3v) is 2.79. The molecule has 0 N–H and O–H groups in total. The summed E-state index contributed by atoms with van der Waals surface area (Å²) in [6, 6.07) is 2.25. The van der Waals surface area contributed by atoms with Gasteiger partial charge in [0.15, 0.2) is 0 Å². The number of hydrogen-bond acceptors (Lipinski definition) is 1. The molecular formula is C11H14O. The van der Waals surface area contributed by atoms with Gasteiger partial charge >= 0.3 is 0 Å². The Bertz CT molecular complexity index is 326. The van der Waals surface area contributed by atoms with E-state index in [1.807, 2.05) is 0 Å². The average Bonchev–Trinajstić information content (AvgIpc) is 2.48. The Morgan fingerprint density at radius 2 is 1.92 bits per heavy atom. The van der Waals surface area contributed by atoms with Gasteiger partial charge in [0.1, 0.15) is 5.75 Å². The van der Waals surface area contributed by atoms with Crippen LogP contribution in [0.1, 0.15) is 22.3 Å². The summed E-state index contributed by atoms with van der Waals surface area (Å²) in [6.45, 7) is 7.33. The van der Waals surface area contributed by atoms with Gasteiger partial charge < -0.3 is 4.74 Å². The van der Waals surface area contributed by atoms with E-state index in [9.17, 15) is 0 Å². The topological polar surface area (TPSA) is 9.23 Å². The molecule has 0 saturated carbocycles. The third-order valence-electron chi connectivity index (χ3n) is 2.79. The molecule has 0 aromatic heterocycles. The predicted octanol–water partition coefficient (Wildman–Crippen LogP) is 2.55. The molecule has 0 unspecified atom stereocenters. The molecule has 0 saturated heterocycles. The smallest absolute Gasteiger partial charge is 0.125 e. The molecule has 1 aromatic rings. The Hall–Kier alpha value is -0.980. The van der Waals surface area contributed by atoms with E-state index in [1.54, 1.807) is 0 Å². The van der Waals surface area contributed by atoms with Crippen molar-refractivity contribution >= 4 is 0 Å². The van der Waals surface area contributed by atoms with Crippen LogP contribution in [-0.4, -0.2) is 6.61 Å². The summed E-state index contributed by atoms with van der Waals surface area (Å²) in [7, 11) is 0. The van der Waals surface area contributed by atoms with Crippen LogP contribution in [0.25, 0.3) is 0 Å². The molecule has 64 valence electrons. The van der Waals surface area contributed by atoms with Crippen LogP contribution in [0.4, 0.5) is 0 Å². The summed E-state index contributed by atoms with van der Waals surface area (Å²) in [4.78, 5) is 0. The van der Waals surface area contributed by atoms with E-state index in [4.69, 9.17) is 4.74 Å². The maximum atomic E-state index is 5.57. The van der Waals surface area contributed by atoms with Crippen molar-refractivity contribution in [1.82, 2.24) is 0 Å². The standard InChI is InChI=1S/C11H14O/c1-7-6-10-4-5-12-11(10)9(3)8(7)2/h6H,4-5H2,1-3H3. The van der Waals surface area contributed by atoms with Crippen molar-refractivity contribution in [2.75, 3.05) is 6.61 Å². The highest BCUT2D eigenvalue weighted by Crippen LogP contribution is 2.32. The van der Waals surface area contributed by atoms with Crippen LogP contribution in [0.3, 0.4) is 0 Å². The zero-order valence-electron chi connectivity index (χ0n) is 7.90. The molecule has 1 nitrogen and oxygen atoms in total. The Kier molecular flexibility index (Phi) is 1.60. The number of hydrogen-bond donors (Lipinski definition) is 0. The molecule has 0 amide bonds. The van der Waals surface area contributed by atoms with Gasteiger partial charge in [-0.25, -0.2) is 0 Å². The number of rotatable bonds is 0. The Labute approximate surface area is 73.4 Å². The largest absolute Gasteiger partial charge is 0.493 e. The van der Waals surface area contributed by atoms with Crippen LogP contribution >= 0.6 is 0 Å². The van der Waals surface area contributed by atoms with Gasteiger partial charge in [-0.3, -0.25) is 0 Å². The van der Waals surface area contributed by atoms with Crippen molar-refractivity contribution in [1.29, 1.82) is 0 Å². The van der Waals surface area contributed by atoms with Gasteiger partial charge in [0, 0.05) is 6.42 Å². The van der Waals surface area contributed by atoms with Gasteiger partial charge in [-0.15, -0.1) is 0 Å². The number of fused-ring (bicyclic) bond motifs is 1. The van der Waals surface area contributed by atoms with Crippen molar-refractivity contribution < 1.29 is 4.74 Å². The Balaban J connectivity index is 2.67. The summed E-state index contributed by atoms with van der Waals surface area (Å²) in [6.07, 6.45) is 1.08. The quantitative estimate of drug-likeness (QED) is 0.569. The molecule has 0 fully saturated rings. The maximum absolute atomic E-state index is 5.57. The number of benzene rings is 1. The molecular weight excluding hydrogens is 148 g/mol. The molecule has 2 rings (SSSR count). The molecule has 0 radical (unpaired) electrons. The Morgan fingerprint density at radius 3 is 2.67 bits per heavy atom. The minimum Gasteiger partial charge on any atom is -0.493 e. The summed E-state index contributed by atoms with van der Waals surface area (Å²) >= 11 is 0. The van der Waals surface area contributed by atoms with Gasteiger partial charge in [0.25, 0.3) is 0 Å². The van der Waals surface area contributed by atoms with Crippen LogP contribution in [0.15, 0.2) is 6.07 Å². The summed E-state index contributed by atoms with van der Waals surface area (Å²) < 4.78 is 5.57. The van der Waals surface area contributed by atoms with E-state index in [2.05, 4.69) is 26.8 Å². The molecule has 1 aromatic carbocycles. The van der Waals surface area contributed by atoms with Gasteiger partial charge in [0.2, 0.25) is 0 Å². The zero-order valence-corrected chi connectivity index (χ0v) is 7.90. The van der Waals surface area contributed by atoms with Crippen LogP contribution in [0.2, 0.25) is 0 Å². The average molecular weight is 162 g/mol. The Morgan fingerprint density at radius 1 is 1.17 bits per heavy atom. The SMILES string of the molecule is Cc1cc2c(c(C)c1C)OCC2. The lowest BCUT2D eigenvalue weighted by atomic mass is 9.99. The highest BCUT2D eigenvalue weighted by molar-refractivity contribution is 5.50. The van der Waals surface area contributed by atoms with Crippen molar-refractivity contribution in [2.45, 2.75) is 27.2 Å². The van der Waals surface area contributed by atoms with Crippen molar-refractivity contribution in [2.24, 2.45) is 0 Å². The van der Waals surface area contributed by atoms with Gasteiger partial charge in [-0.1, -0.05) is 6.07 Å². The van der Waals surface area contributed by atoms with E-state index in [-0.39, 0.29) is 0 Å². The minimum atomic E-state index is 0.860. The normalized spacial score (nSPS) is 14.2. The first-order chi connectivity index (χ1) is 5.70. The molecule has 1 aliphatic rings. The second kappa shape index (κ2) is 2.51. The molecule has 0 aliphatic carbocycles. The molecule has 12 heavy (non-hydrogen) atoms. The van der Waals surface area contributed by atoms with Crippen LogP contribution < -0.4 is 4.74 Å². The fourth-order valence-corrected chi connectivity index (χ4v) is 1.79. The number of aryl methyl sites for hydroxylation is 1. The molecule has 0 atom stereocenters. The number of ether oxygens (including phenoxy) is 1. The first-order valence-corrected chi connectivity index (χ1v) is 4.42. The van der Waals surface area contributed by atoms with Crippen molar-refractivity contribution in [3.63, 3.8) is 0 Å². The van der Waals surface area contributed by atoms with Crippen LogP contribution in [0, 0.1) is 20.8 Å². The highest BCUT2D eigenvalue weighted by Gasteiger charge is 2.16. The van der Waals surface area contributed by atoms with E-state index < -0.39 is 0 Å². The summed E-state index contributed by atoms with van der Waals surface area (Å²) in [5, 5.41) is 0. The maximum Gasteiger partial charge on any atom is 0.125 e. The second-order valence-electron chi connectivity index (χ2n) is 3.53. The predicted molar refractivity (Wildman–Crippen MR) is 49.9 cm³/mol. The molecule has 1 aliphatic heterocycles. The van der Waals surface area contributed by atoms with Gasteiger partial charge in [-0.05, 0) is 43.0 Å². The molecule has 1 heteroatoms. The fourth-order valence-electron chi connectivity index (χ4n) is 1.79. The van der Waals surface area contributed by atoms with Gasteiger partial charge in [0.05, 0.1) is 6.61 Å². The molecule has 0 bridgehead atoms. The first kappa shape index (κ1) is 7.66. The van der Waals surface area contributed by atoms with Crippen LogP contribution in [-0.2, 0) is 6.42 Å². The van der Waals surface area contributed by atoms with E-state index in [1.165, 1.54) is 22.3 Å². The van der Waals surface area contributed by atoms with E-state index in [0.29, 0.717) is 0 Å². The lowest BCUT2D eigenvalue weighted by Crippen LogP contribution is -1.91. The van der Waals surface area contributed by atoms with E-state index in [0.717, 1.165) is 18.8 Å². The minimum absolute atomic E-state index is 0.860. The van der Waals surface area contributed by atoms with Crippen molar-refractivity contribution in [3.8, 4) is 5.75 Å². The monoisotopic (exact) mass is 162 g/mol.